The first-order chi connectivity index (χ1) is 15.5. The number of carbonyl (C=O) groups is 2. The van der Waals surface area contributed by atoms with Crippen molar-refractivity contribution in [1.82, 2.24) is 9.88 Å². The second-order valence-electron chi connectivity index (χ2n) is 8.15. The Morgan fingerprint density at radius 1 is 1.09 bits per heavy atom. The van der Waals surface area contributed by atoms with E-state index in [-0.39, 0.29) is 24.0 Å². The van der Waals surface area contributed by atoms with Crippen molar-refractivity contribution in [2.75, 3.05) is 0 Å². The number of rotatable bonds is 4. The maximum absolute atomic E-state index is 13.1. The van der Waals surface area contributed by atoms with Crippen molar-refractivity contribution in [3.8, 4) is 5.75 Å². The number of amides is 1. The summed E-state index contributed by atoms with van der Waals surface area (Å²) in [4.78, 5) is 31.8. The number of nitrogens with zero attached hydrogens (tertiary/aromatic N) is 2. The van der Waals surface area contributed by atoms with E-state index in [9.17, 15) is 14.7 Å². The Kier molecular flexibility index (Phi) is 4.98. The quantitative estimate of drug-likeness (QED) is 0.387. The number of aliphatic hydroxyl groups is 1. The minimum absolute atomic E-state index is 0.0654. The van der Waals surface area contributed by atoms with Crippen molar-refractivity contribution in [3.63, 3.8) is 0 Å². The summed E-state index contributed by atoms with van der Waals surface area (Å²) in [5.74, 6) is -0.715. The lowest BCUT2D eigenvalue weighted by Crippen LogP contribution is -2.29. The molecule has 2 aliphatic rings. The van der Waals surface area contributed by atoms with Crippen LogP contribution in [0.5, 0.6) is 5.75 Å². The number of ether oxygens (including phenoxy) is 1. The molecule has 0 aliphatic carbocycles. The Labute approximate surface area is 185 Å². The predicted molar refractivity (Wildman–Crippen MR) is 119 cm³/mol. The molecule has 2 aliphatic heterocycles. The Balaban J connectivity index is 1.62. The Bertz CT molecular complexity index is 1220. The summed E-state index contributed by atoms with van der Waals surface area (Å²) >= 11 is 0. The highest BCUT2D eigenvalue weighted by molar-refractivity contribution is 6.46. The molecule has 3 heterocycles. The molecule has 32 heavy (non-hydrogen) atoms. The number of Topliss-reactive ketones (excluding diaryl/α,β-unsaturated/α-hetero) is 1. The van der Waals surface area contributed by atoms with E-state index < -0.39 is 17.7 Å². The van der Waals surface area contributed by atoms with Crippen molar-refractivity contribution in [2.45, 2.75) is 32.0 Å². The molecular formula is C26H22N2O4. The van der Waals surface area contributed by atoms with E-state index in [1.54, 1.807) is 36.7 Å². The Morgan fingerprint density at radius 2 is 1.84 bits per heavy atom. The summed E-state index contributed by atoms with van der Waals surface area (Å²) in [7, 11) is 0. The van der Waals surface area contributed by atoms with Crippen LogP contribution >= 0.6 is 0 Å². The van der Waals surface area contributed by atoms with Crippen LogP contribution in [0.4, 0.5) is 0 Å². The lowest BCUT2D eigenvalue weighted by molar-refractivity contribution is -0.140. The van der Waals surface area contributed by atoms with Crippen molar-refractivity contribution >= 4 is 17.4 Å². The SMILES string of the molecule is C[C@H]1Cc2cc(C(O)=C3C(=O)C(=O)N(Cc4ccccc4)[C@@H]3c3ccncc3)ccc2O1. The van der Waals surface area contributed by atoms with Crippen LogP contribution in [0.25, 0.3) is 5.76 Å². The molecule has 5 rings (SSSR count). The Hall–Kier alpha value is -3.93. The van der Waals surface area contributed by atoms with E-state index in [1.807, 2.05) is 43.3 Å². The zero-order chi connectivity index (χ0) is 22.2. The number of carbonyl (C=O) groups excluding carboxylic acids is 2. The maximum atomic E-state index is 13.1. The van der Waals surface area contributed by atoms with E-state index in [0.29, 0.717) is 5.56 Å². The fourth-order valence-corrected chi connectivity index (χ4v) is 4.44. The van der Waals surface area contributed by atoms with E-state index in [1.165, 1.54) is 4.90 Å². The van der Waals surface area contributed by atoms with Gasteiger partial charge in [-0.2, -0.15) is 0 Å². The van der Waals surface area contributed by atoms with Crippen molar-refractivity contribution < 1.29 is 19.4 Å². The lowest BCUT2D eigenvalue weighted by atomic mass is 9.95. The molecule has 0 radical (unpaired) electrons. The highest BCUT2D eigenvalue weighted by Crippen LogP contribution is 2.41. The minimum Gasteiger partial charge on any atom is -0.507 e. The monoisotopic (exact) mass is 426 g/mol. The zero-order valence-corrected chi connectivity index (χ0v) is 17.6. The van der Waals surface area contributed by atoms with Gasteiger partial charge in [0.15, 0.2) is 0 Å². The number of ketones is 1. The second-order valence-corrected chi connectivity index (χ2v) is 8.15. The summed E-state index contributed by atoms with van der Waals surface area (Å²) in [6, 6.07) is 17.7. The highest BCUT2D eigenvalue weighted by Gasteiger charge is 2.46. The molecule has 0 saturated carbocycles. The molecular weight excluding hydrogens is 404 g/mol. The number of hydrogen-bond acceptors (Lipinski definition) is 5. The molecule has 0 bridgehead atoms. The number of fused-ring (bicyclic) bond motifs is 1. The molecule has 6 nitrogen and oxygen atoms in total. The molecule has 0 unspecified atom stereocenters. The third-order valence-corrected chi connectivity index (χ3v) is 5.93. The summed E-state index contributed by atoms with van der Waals surface area (Å²) in [5.41, 5.74) is 3.18. The van der Waals surface area contributed by atoms with Gasteiger partial charge in [0.2, 0.25) is 0 Å². The molecule has 1 saturated heterocycles. The first-order valence-corrected chi connectivity index (χ1v) is 10.5. The van der Waals surface area contributed by atoms with Crippen LogP contribution in [-0.2, 0) is 22.6 Å². The van der Waals surface area contributed by atoms with Gasteiger partial charge >= 0.3 is 0 Å². The molecule has 0 spiro atoms. The summed E-state index contributed by atoms with van der Waals surface area (Å²) < 4.78 is 5.75. The van der Waals surface area contributed by atoms with Crippen LogP contribution in [-0.4, -0.2) is 32.8 Å². The van der Waals surface area contributed by atoms with Gasteiger partial charge in [0.05, 0.1) is 11.6 Å². The van der Waals surface area contributed by atoms with Crippen LogP contribution in [0.15, 0.2) is 78.6 Å². The molecule has 3 aromatic rings. The first kappa shape index (κ1) is 20.0. The van der Waals surface area contributed by atoms with Crippen LogP contribution in [0.1, 0.15) is 35.2 Å². The van der Waals surface area contributed by atoms with Crippen LogP contribution in [0.2, 0.25) is 0 Å². The number of benzene rings is 2. The minimum atomic E-state index is -0.707. The topological polar surface area (TPSA) is 79.7 Å². The number of aromatic nitrogens is 1. The predicted octanol–water partition coefficient (Wildman–Crippen LogP) is 4.03. The van der Waals surface area contributed by atoms with Gasteiger partial charge in [-0.25, -0.2) is 0 Å². The van der Waals surface area contributed by atoms with E-state index in [4.69, 9.17) is 4.74 Å². The van der Waals surface area contributed by atoms with Crippen LogP contribution in [0, 0.1) is 0 Å². The molecule has 1 N–H and O–H groups in total. The number of likely N-dealkylation sites (tertiary alicyclic amines) is 1. The van der Waals surface area contributed by atoms with Crippen LogP contribution in [0.3, 0.4) is 0 Å². The highest BCUT2D eigenvalue weighted by atomic mass is 16.5. The van der Waals surface area contributed by atoms with E-state index in [0.717, 1.165) is 28.9 Å². The summed E-state index contributed by atoms with van der Waals surface area (Å²) in [5, 5.41) is 11.2. The second kappa shape index (κ2) is 7.96. The standard InChI is InChI=1S/C26H22N2O4/c1-16-13-20-14-19(7-8-21(20)32-16)24(29)22-23(18-9-11-27-12-10-18)28(26(31)25(22)30)15-17-5-3-2-4-6-17/h2-12,14,16,23,29H,13,15H2,1H3/t16-,23+/m0/s1. The average Bonchev–Trinajstić information content (AvgIpc) is 3.31. The normalized spacial score (nSPS) is 21.5. The van der Waals surface area contributed by atoms with Crippen LogP contribution < -0.4 is 4.74 Å². The van der Waals surface area contributed by atoms with Gasteiger partial charge in [0, 0.05) is 30.9 Å². The summed E-state index contributed by atoms with van der Waals surface area (Å²) in [6.45, 7) is 2.24. The molecule has 1 amide bonds. The molecule has 160 valence electrons. The third kappa shape index (κ3) is 3.43. The Morgan fingerprint density at radius 3 is 2.59 bits per heavy atom. The molecule has 2 atom stereocenters. The number of aliphatic hydroxyl groups excluding tert-OH is 1. The largest absolute Gasteiger partial charge is 0.507 e. The van der Waals surface area contributed by atoms with Crippen molar-refractivity contribution in [1.29, 1.82) is 0 Å². The van der Waals surface area contributed by atoms with E-state index in [2.05, 4.69) is 4.98 Å². The lowest BCUT2D eigenvalue weighted by Gasteiger charge is -2.25. The fraction of sp³-hybridized carbons (Fsp3) is 0.192. The molecule has 6 heteroatoms. The van der Waals surface area contributed by atoms with Gasteiger partial charge in [-0.05, 0) is 53.9 Å². The third-order valence-electron chi connectivity index (χ3n) is 5.93. The number of hydrogen-bond donors (Lipinski definition) is 1. The van der Waals surface area contributed by atoms with Gasteiger partial charge in [-0.1, -0.05) is 30.3 Å². The van der Waals surface area contributed by atoms with Crippen molar-refractivity contribution in [2.24, 2.45) is 0 Å². The smallest absolute Gasteiger partial charge is 0.295 e. The fourth-order valence-electron chi connectivity index (χ4n) is 4.44. The van der Waals surface area contributed by atoms with Gasteiger partial charge in [-0.15, -0.1) is 0 Å². The van der Waals surface area contributed by atoms with Gasteiger partial charge in [0.25, 0.3) is 11.7 Å². The summed E-state index contributed by atoms with van der Waals surface area (Å²) in [6.07, 6.45) is 4.03. The molecule has 1 aromatic heterocycles. The van der Waals surface area contributed by atoms with Gasteiger partial charge < -0.3 is 14.7 Å². The van der Waals surface area contributed by atoms with Gasteiger partial charge in [-0.3, -0.25) is 14.6 Å². The first-order valence-electron chi connectivity index (χ1n) is 10.5. The molecule has 2 aromatic carbocycles. The maximum Gasteiger partial charge on any atom is 0.295 e. The van der Waals surface area contributed by atoms with Gasteiger partial charge in [0.1, 0.15) is 17.6 Å². The zero-order valence-electron chi connectivity index (χ0n) is 17.6. The average molecular weight is 426 g/mol. The molecule has 1 fully saturated rings. The van der Waals surface area contributed by atoms with Crippen molar-refractivity contribution in [3.05, 3.63) is 101 Å². The number of pyridine rings is 1. The van der Waals surface area contributed by atoms with E-state index >= 15 is 0 Å².